The Hall–Kier alpha value is -1.24. The fourth-order valence-corrected chi connectivity index (χ4v) is 4.15. The lowest BCUT2D eigenvalue weighted by molar-refractivity contribution is -0.134. The summed E-state index contributed by atoms with van der Waals surface area (Å²) in [4.78, 5) is 29.1. The van der Waals surface area contributed by atoms with Gasteiger partial charge < -0.3 is 15.1 Å². The number of hydrogen-bond acceptors (Lipinski definition) is 4. The maximum atomic E-state index is 12.8. The molecule has 1 aromatic carbocycles. The van der Waals surface area contributed by atoms with E-state index in [-0.39, 0.29) is 17.9 Å². The molecule has 0 spiro atoms. The van der Waals surface area contributed by atoms with Crippen molar-refractivity contribution in [3.63, 3.8) is 0 Å². The predicted molar refractivity (Wildman–Crippen MR) is 92.8 cm³/mol. The third kappa shape index (κ3) is 3.82. The predicted octanol–water partition coefficient (Wildman–Crippen LogP) is 1.68. The standard InChI is InChI=1S/C16H20ClN3O2S/c17-13-4-2-12(3-5-13)15(21)20-11-23-10-14(20)16(22)19-8-1-6-18-7-9-19/h2-5,14,18H,1,6-11H2. The van der Waals surface area contributed by atoms with Gasteiger partial charge >= 0.3 is 0 Å². The van der Waals surface area contributed by atoms with Crippen molar-refractivity contribution in [1.29, 1.82) is 0 Å². The number of hydrogen-bond donors (Lipinski definition) is 1. The second kappa shape index (κ2) is 7.55. The van der Waals surface area contributed by atoms with Crippen molar-refractivity contribution in [2.75, 3.05) is 37.8 Å². The first-order valence-electron chi connectivity index (χ1n) is 7.80. The van der Waals surface area contributed by atoms with Crippen LogP contribution in [0.5, 0.6) is 0 Å². The van der Waals surface area contributed by atoms with Crippen LogP contribution < -0.4 is 5.32 Å². The highest BCUT2D eigenvalue weighted by Gasteiger charge is 2.37. The summed E-state index contributed by atoms with van der Waals surface area (Å²) in [6.07, 6.45) is 0.955. The van der Waals surface area contributed by atoms with Gasteiger partial charge in [-0.25, -0.2) is 0 Å². The Morgan fingerprint density at radius 1 is 1.17 bits per heavy atom. The van der Waals surface area contributed by atoms with Gasteiger partial charge in [-0.2, -0.15) is 0 Å². The van der Waals surface area contributed by atoms with Gasteiger partial charge in [0.15, 0.2) is 0 Å². The summed E-state index contributed by atoms with van der Waals surface area (Å²) in [5.74, 6) is 1.20. The van der Waals surface area contributed by atoms with Gasteiger partial charge in [-0.15, -0.1) is 11.8 Å². The summed E-state index contributed by atoms with van der Waals surface area (Å²) < 4.78 is 0. The fraction of sp³-hybridized carbons (Fsp3) is 0.500. The molecule has 1 aromatic rings. The first-order valence-corrected chi connectivity index (χ1v) is 9.34. The Kier molecular flexibility index (Phi) is 5.46. The molecule has 23 heavy (non-hydrogen) atoms. The molecule has 3 rings (SSSR count). The number of carbonyl (C=O) groups excluding carboxylic acids is 2. The van der Waals surface area contributed by atoms with Gasteiger partial charge in [0.1, 0.15) is 6.04 Å². The zero-order chi connectivity index (χ0) is 16.2. The lowest BCUT2D eigenvalue weighted by atomic mass is 10.1. The first-order chi connectivity index (χ1) is 11.2. The number of halogens is 1. The number of carbonyl (C=O) groups is 2. The molecule has 2 aliphatic heterocycles. The van der Waals surface area contributed by atoms with Crippen LogP contribution >= 0.6 is 23.4 Å². The largest absolute Gasteiger partial charge is 0.340 e. The number of nitrogens with one attached hydrogen (secondary N) is 1. The molecule has 0 aliphatic carbocycles. The lowest BCUT2D eigenvalue weighted by Crippen LogP contribution is -2.49. The van der Waals surface area contributed by atoms with E-state index in [0.29, 0.717) is 28.8 Å². The monoisotopic (exact) mass is 353 g/mol. The number of nitrogens with zero attached hydrogens (tertiary/aromatic N) is 2. The van der Waals surface area contributed by atoms with Crippen molar-refractivity contribution < 1.29 is 9.59 Å². The molecule has 0 saturated carbocycles. The summed E-state index contributed by atoms with van der Waals surface area (Å²) in [5, 5.41) is 3.89. The minimum absolute atomic E-state index is 0.0704. The molecule has 2 saturated heterocycles. The van der Waals surface area contributed by atoms with Crippen LogP contribution in [0.3, 0.4) is 0 Å². The molecule has 2 aliphatic rings. The van der Waals surface area contributed by atoms with Crippen LogP contribution in [0.4, 0.5) is 0 Å². The second-order valence-corrected chi connectivity index (χ2v) is 7.16. The molecule has 1 N–H and O–H groups in total. The molecule has 2 heterocycles. The van der Waals surface area contributed by atoms with Crippen LogP contribution in [0, 0.1) is 0 Å². The number of thioether (sulfide) groups is 1. The highest BCUT2D eigenvalue weighted by atomic mass is 35.5. The van der Waals surface area contributed by atoms with E-state index in [0.717, 1.165) is 26.1 Å². The number of amides is 2. The van der Waals surface area contributed by atoms with Crippen molar-refractivity contribution in [2.45, 2.75) is 12.5 Å². The average Bonchev–Trinajstić information content (AvgIpc) is 2.89. The molecule has 1 unspecified atom stereocenters. The van der Waals surface area contributed by atoms with Crippen molar-refractivity contribution in [3.8, 4) is 0 Å². The molecule has 0 aromatic heterocycles. The molecule has 2 amide bonds. The molecule has 5 nitrogen and oxygen atoms in total. The van der Waals surface area contributed by atoms with Gasteiger partial charge in [0.05, 0.1) is 5.88 Å². The Bertz CT molecular complexity index is 573. The fourth-order valence-electron chi connectivity index (χ4n) is 2.88. The second-order valence-electron chi connectivity index (χ2n) is 5.73. The molecule has 0 bridgehead atoms. The van der Waals surface area contributed by atoms with Crippen LogP contribution in [0.25, 0.3) is 0 Å². The van der Waals surface area contributed by atoms with Crippen LogP contribution in [0.1, 0.15) is 16.8 Å². The smallest absolute Gasteiger partial charge is 0.255 e. The SMILES string of the molecule is O=C(C1CSCN1C(=O)c1ccc(Cl)cc1)N1CCCNCC1. The van der Waals surface area contributed by atoms with E-state index in [1.807, 2.05) is 4.90 Å². The van der Waals surface area contributed by atoms with Crippen LogP contribution in [-0.4, -0.2) is 65.5 Å². The van der Waals surface area contributed by atoms with E-state index in [1.165, 1.54) is 0 Å². The maximum absolute atomic E-state index is 12.8. The van der Waals surface area contributed by atoms with Crippen molar-refractivity contribution in [1.82, 2.24) is 15.1 Å². The third-order valence-corrected chi connectivity index (χ3v) is 5.44. The van der Waals surface area contributed by atoms with E-state index in [1.54, 1.807) is 40.9 Å². The van der Waals surface area contributed by atoms with E-state index >= 15 is 0 Å². The normalized spacial score (nSPS) is 22.0. The topological polar surface area (TPSA) is 52.7 Å². The number of benzene rings is 1. The van der Waals surface area contributed by atoms with Gasteiger partial charge in [-0.05, 0) is 37.2 Å². The van der Waals surface area contributed by atoms with Gasteiger partial charge in [0.25, 0.3) is 5.91 Å². The van der Waals surface area contributed by atoms with E-state index < -0.39 is 0 Å². The zero-order valence-electron chi connectivity index (χ0n) is 12.8. The number of rotatable bonds is 2. The Labute approximate surface area is 145 Å². The van der Waals surface area contributed by atoms with Gasteiger partial charge in [-0.3, -0.25) is 9.59 Å². The van der Waals surface area contributed by atoms with E-state index in [2.05, 4.69) is 5.32 Å². The van der Waals surface area contributed by atoms with Gasteiger partial charge in [-0.1, -0.05) is 11.6 Å². The molecular formula is C16H20ClN3O2S. The average molecular weight is 354 g/mol. The van der Waals surface area contributed by atoms with Gasteiger partial charge in [0.2, 0.25) is 5.91 Å². The van der Waals surface area contributed by atoms with E-state index in [4.69, 9.17) is 11.6 Å². The Balaban J connectivity index is 1.72. The molecule has 7 heteroatoms. The third-order valence-electron chi connectivity index (χ3n) is 4.17. The summed E-state index contributed by atoms with van der Waals surface area (Å²) in [6.45, 7) is 3.23. The minimum atomic E-state index is -0.360. The molecule has 0 radical (unpaired) electrons. The quantitative estimate of drug-likeness (QED) is 0.879. The molecule has 2 fully saturated rings. The molecule has 1 atom stereocenters. The highest BCUT2D eigenvalue weighted by Crippen LogP contribution is 2.25. The Morgan fingerprint density at radius 2 is 1.96 bits per heavy atom. The lowest BCUT2D eigenvalue weighted by Gasteiger charge is -2.29. The van der Waals surface area contributed by atoms with Crippen LogP contribution in [-0.2, 0) is 4.79 Å². The van der Waals surface area contributed by atoms with Crippen LogP contribution in [0.2, 0.25) is 5.02 Å². The minimum Gasteiger partial charge on any atom is -0.340 e. The van der Waals surface area contributed by atoms with Crippen molar-refractivity contribution >= 4 is 35.2 Å². The first kappa shape index (κ1) is 16.6. The summed E-state index contributed by atoms with van der Waals surface area (Å²) >= 11 is 7.51. The molecule has 124 valence electrons. The van der Waals surface area contributed by atoms with Gasteiger partial charge in [0, 0.05) is 36.0 Å². The van der Waals surface area contributed by atoms with E-state index in [9.17, 15) is 9.59 Å². The van der Waals surface area contributed by atoms with Crippen molar-refractivity contribution in [3.05, 3.63) is 34.9 Å². The van der Waals surface area contributed by atoms with Crippen molar-refractivity contribution in [2.24, 2.45) is 0 Å². The van der Waals surface area contributed by atoms with Crippen LogP contribution in [0.15, 0.2) is 24.3 Å². The summed E-state index contributed by atoms with van der Waals surface area (Å²) in [7, 11) is 0. The highest BCUT2D eigenvalue weighted by molar-refractivity contribution is 7.99. The zero-order valence-corrected chi connectivity index (χ0v) is 14.4. The molecular weight excluding hydrogens is 334 g/mol. The summed E-state index contributed by atoms with van der Waals surface area (Å²) in [5.41, 5.74) is 0.576. The Morgan fingerprint density at radius 3 is 2.74 bits per heavy atom. The summed E-state index contributed by atoms with van der Waals surface area (Å²) in [6, 6.07) is 6.47. The maximum Gasteiger partial charge on any atom is 0.255 e.